The number of nitriles is 1. The van der Waals surface area contributed by atoms with E-state index in [2.05, 4.69) is 40.3 Å². The van der Waals surface area contributed by atoms with Crippen molar-refractivity contribution in [3.05, 3.63) is 74.1 Å². The van der Waals surface area contributed by atoms with Crippen molar-refractivity contribution >= 4 is 34.3 Å². The SMILES string of the molecule is N#Cc1ccccc1NC(=O)C[NH+]1CCc2sccc2[C@@H]1c1cccs1. The topological polar surface area (TPSA) is 57.3 Å². The molecule has 26 heavy (non-hydrogen) atoms. The first-order valence-electron chi connectivity index (χ1n) is 8.49. The average molecular weight is 381 g/mol. The highest BCUT2D eigenvalue weighted by atomic mass is 32.1. The number of hydrogen-bond acceptors (Lipinski definition) is 4. The third kappa shape index (κ3) is 3.29. The lowest BCUT2D eigenvalue weighted by molar-refractivity contribution is -0.919. The van der Waals surface area contributed by atoms with Crippen molar-refractivity contribution in [2.75, 3.05) is 18.4 Å². The molecule has 0 saturated carbocycles. The van der Waals surface area contributed by atoms with E-state index in [4.69, 9.17) is 0 Å². The summed E-state index contributed by atoms with van der Waals surface area (Å²) >= 11 is 3.56. The largest absolute Gasteiger partial charge is 0.320 e. The van der Waals surface area contributed by atoms with Crippen LogP contribution in [0.3, 0.4) is 0 Å². The third-order valence-corrected chi connectivity index (χ3v) is 6.64. The molecule has 0 saturated heterocycles. The van der Waals surface area contributed by atoms with Crippen molar-refractivity contribution in [2.24, 2.45) is 0 Å². The Kier molecular flexibility index (Phi) is 4.85. The summed E-state index contributed by atoms with van der Waals surface area (Å²) < 4.78 is 0. The van der Waals surface area contributed by atoms with Gasteiger partial charge in [-0.3, -0.25) is 4.79 Å². The van der Waals surface area contributed by atoms with Crippen molar-refractivity contribution in [1.29, 1.82) is 5.26 Å². The summed E-state index contributed by atoms with van der Waals surface area (Å²) in [5, 5.41) is 16.4. The third-order valence-electron chi connectivity index (χ3n) is 4.71. The van der Waals surface area contributed by atoms with Gasteiger partial charge in [0.2, 0.25) is 0 Å². The van der Waals surface area contributed by atoms with E-state index in [1.54, 1.807) is 29.5 Å². The number of nitrogens with zero attached hydrogens (tertiary/aromatic N) is 1. The Morgan fingerprint density at radius 1 is 1.19 bits per heavy atom. The minimum absolute atomic E-state index is 0.0528. The lowest BCUT2D eigenvalue weighted by Crippen LogP contribution is -3.14. The maximum Gasteiger partial charge on any atom is 0.279 e. The Bertz CT molecular complexity index is 956. The van der Waals surface area contributed by atoms with Crippen molar-refractivity contribution in [3.63, 3.8) is 0 Å². The van der Waals surface area contributed by atoms with Gasteiger partial charge in [0.1, 0.15) is 12.1 Å². The molecule has 4 rings (SSSR count). The van der Waals surface area contributed by atoms with E-state index in [0.717, 1.165) is 13.0 Å². The van der Waals surface area contributed by atoms with E-state index >= 15 is 0 Å². The summed E-state index contributed by atoms with van der Waals surface area (Å²) in [6.07, 6.45) is 1.01. The summed E-state index contributed by atoms with van der Waals surface area (Å²) in [6, 6.07) is 15.9. The standard InChI is InChI=1S/C20H17N3OS2/c21-12-14-4-1-2-5-16(14)22-19(24)13-23-9-7-17-15(8-11-26-17)20(23)18-6-3-10-25-18/h1-6,8,10-11,20H,7,9,13H2,(H,22,24)/p+1/t20-/m1/s1. The Balaban J connectivity index is 1.55. The normalized spacial score (nSPS) is 18.7. The van der Waals surface area contributed by atoms with Gasteiger partial charge in [0, 0.05) is 16.9 Å². The molecule has 0 aliphatic carbocycles. The Labute approximate surface area is 160 Å². The first kappa shape index (κ1) is 17.0. The van der Waals surface area contributed by atoms with E-state index in [1.807, 2.05) is 17.4 Å². The fourth-order valence-corrected chi connectivity index (χ4v) is 5.36. The highest BCUT2D eigenvalue weighted by molar-refractivity contribution is 7.10. The molecule has 2 atom stereocenters. The molecule has 3 heterocycles. The number of benzene rings is 1. The maximum absolute atomic E-state index is 12.7. The second-order valence-corrected chi connectivity index (χ2v) is 8.27. The number of hydrogen-bond donors (Lipinski definition) is 2. The van der Waals surface area contributed by atoms with Crippen LogP contribution in [0.15, 0.2) is 53.2 Å². The predicted molar refractivity (Wildman–Crippen MR) is 105 cm³/mol. The van der Waals surface area contributed by atoms with E-state index in [9.17, 15) is 10.1 Å². The molecule has 1 aliphatic rings. The molecule has 4 nitrogen and oxygen atoms in total. The minimum Gasteiger partial charge on any atom is -0.320 e. The molecule has 1 aliphatic heterocycles. The molecular weight excluding hydrogens is 362 g/mol. The Hall–Kier alpha value is -2.46. The first-order chi connectivity index (χ1) is 12.8. The molecule has 2 N–H and O–H groups in total. The molecule has 1 aromatic carbocycles. The average Bonchev–Trinajstić information content (AvgIpc) is 3.33. The van der Waals surface area contributed by atoms with Gasteiger partial charge in [-0.2, -0.15) is 5.26 Å². The number of thiophene rings is 2. The molecule has 6 heteroatoms. The molecule has 1 amide bonds. The predicted octanol–water partition coefficient (Wildman–Crippen LogP) is 2.85. The van der Waals surface area contributed by atoms with E-state index in [0.29, 0.717) is 17.8 Å². The highest BCUT2D eigenvalue weighted by Gasteiger charge is 2.35. The second kappa shape index (κ2) is 7.42. The number of para-hydroxylation sites is 1. The molecule has 0 spiro atoms. The van der Waals surface area contributed by atoms with Gasteiger partial charge in [-0.05, 0) is 35.0 Å². The maximum atomic E-state index is 12.7. The zero-order chi connectivity index (χ0) is 17.9. The van der Waals surface area contributed by atoms with Crippen LogP contribution in [0, 0.1) is 11.3 Å². The summed E-state index contributed by atoms with van der Waals surface area (Å²) in [4.78, 5) is 16.7. The monoisotopic (exact) mass is 380 g/mol. The molecule has 2 aromatic heterocycles. The van der Waals surface area contributed by atoms with Gasteiger partial charge in [-0.25, -0.2) is 0 Å². The zero-order valence-corrected chi connectivity index (χ0v) is 15.7. The number of amides is 1. The van der Waals surface area contributed by atoms with E-state index in [1.165, 1.54) is 20.2 Å². The van der Waals surface area contributed by atoms with Gasteiger partial charge in [0.15, 0.2) is 6.54 Å². The summed E-state index contributed by atoms with van der Waals surface area (Å²) in [6.45, 7) is 1.32. The van der Waals surface area contributed by atoms with Crippen molar-refractivity contribution in [2.45, 2.75) is 12.5 Å². The fourth-order valence-electron chi connectivity index (χ4n) is 3.54. The smallest absolute Gasteiger partial charge is 0.279 e. The van der Waals surface area contributed by atoms with Crippen LogP contribution in [0.25, 0.3) is 0 Å². The molecule has 1 unspecified atom stereocenters. The molecule has 0 radical (unpaired) electrons. The number of fused-ring (bicyclic) bond motifs is 1. The Morgan fingerprint density at radius 2 is 2.08 bits per heavy atom. The first-order valence-corrected chi connectivity index (χ1v) is 10.3. The fraction of sp³-hybridized carbons (Fsp3) is 0.200. The highest BCUT2D eigenvalue weighted by Crippen LogP contribution is 2.31. The zero-order valence-electron chi connectivity index (χ0n) is 14.1. The van der Waals surface area contributed by atoms with Crippen molar-refractivity contribution in [1.82, 2.24) is 0 Å². The number of rotatable bonds is 4. The molecule has 130 valence electrons. The van der Waals surface area contributed by atoms with E-state index < -0.39 is 0 Å². The lowest BCUT2D eigenvalue weighted by Gasteiger charge is -2.31. The number of nitrogens with one attached hydrogen (secondary N) is 2. The van der Waals surface area contributed by atoms with Gasteiger partial charge in [0.05, 0.1) is 22.7 Å². The van der Waals surface area contributed by atoms with Crippen LogP contribution in [0.4, 0.5) is 5.69 Å². The van der Waals surface area contributed by atoms with Gasteiger partial charge in [0.25, 0.3) is 5.91 Å². The summed E-state index contributed by atoms with van der Waals surface area (Å²) in [5.41, 5.74) is 2.42. The molecule has 3 aromatic rings. The van der Waals surface area contributed by atoms with Gasteiger partial charge in [-0.1, -0.05) is 18.2 Å². The lowest BCUT2D eigenvalue weighted by atomic mass is 9.98. The van der Waals surface area contributed by atoms with E-state index in [-0.39, 0.29) is 11.9 Å². The van der Waals surface area contributed by atoms with Crippen LogP contribution in [-0.2, 0) is 11.2 Å². The molecule has 0 bridgehead atoms. The van der Waals surface area contributed by atoms with Gasteiger partial charge >= 0.3 is 0 Å². The van der Waals surface area contributed by atoms with Crippen molar-refractivity contribution < 1.29 is 9.69 Å². The van der Waals surface area contributed by atoms with Crippen LogP contribution < -0.4 is 10.2 Å². The second-order valence-electron chi connectivity index (χ2n) is 6.29. The number of quaternary nitrogens is 1. The minimum atomic E-state index is -0.0528. The van der Waals surface area contributed by atoms with Crippen LogP contribution in [-0.4, -0.2) is 19.0 Å². The van der Waals surface area contributed by atoms with Crippen LogP contribution in [0.1, 0.15) is 26.9 Å². The molecular formula is C20H18N3OS2+. The summed E-state index contributed by atoms with van der Waals surface area (Å²) in [7, 11) is 0. The number of carbonyl (C=O) groups excluding carboxylic acids is 1. The Morgan fingerprint density at radius 3 is 2.88 bits per heavy atom. The number of anilines is 1. The number of carbonyl (C=O) groups is 1. The van der Waals surface area contributed by atoms with Crippen molar-refractivity contribution in [3.8, 4) is 6.07 Å². The van der Waals surface area contributed by atoms with Crippen LogP contribution in [0.2, 0.25) is 0 Å². The van der Waals surface area contributed by atoms with Crippen LogP contribution >= 0.6 is 22.7 Å². The summed E-state index contributed by atoms with van der Waals surface area (Å²) in [5.74, 6) is -0.0528. The quantitative estimate of drug-likeness (QED) is 0.731. The van der Waals surface area contributed by atoms with Gasteiger partial charge < -0.3 is 10.2 Å². The van der Waals surface area contributed by atoms with Gasteiger partial charge in [-0.15, -0.1) is 22.7 Å². The molecule has 0 fully saturated rings. The van der Waals surface area contributed by atoms with Crippen LogP contribution in [0.5, 0.6) is 0 Å².